The van der Waals surface area contributed by atoms with E-state index < -0.39 is 4.92 Å². The van der Waals surface area contributed by atoms with Crippen LogP contribution in [0.5, 0.6) is 0 Å². The molecule has 0 bridgehead atoms. The van der Waals surface area contributed by atoms with Gasteiger partial charge in [-0.05, 0) is 29.3 Å². The highest BCUT2D eigenvalue weighted by Crippen LogP contribution is 2.29. The quantitative estimate of drug-likeness (QED) is 0.515. The van der Waals surface area contributed by atoms with Gasteiger partial charge in [0, 0.05) is 29.3 Å². The molecule has 0 aliphatic carbocycles. The van der Waals surface area contributed by atoms with Crippen LogP contribution in [0.2, 0.25) is 5.02 Å². The number of rotatable bonds is 5. The van der Waals surface area contributed by atoms with Gasteiger partial charge in [0.15, 0.2) is 0 Å². The molecule has 0 heterocycles. The van der Waals surface area contributed by atoms with E-state index in [4.69, 9.17) is 17.3 Å². The van der Waals surface area contributed by atoms with Gasteiger partial charge in [0.05, 0.1) is 9.95 Å². The predicted octanol–water partition coefficient (Wildman–Crippen LogP) is 4.00. The largest absolute Gasteiger partial charge is 0.326 e. The van der Waals surface area contributed by atoms with E-state index in [1.54, 1.807) is 17.8 Å². The fourth-order valence-electron chi connectivity index (χ4n) is 1.69. The van der Waals surface area contributed by atoms with Crippen molar-refractivity contribution in [2.24, 2.45) is 5.73 Å². The molecule has 104 valence electrons. The Labute approximate surface area is 126 Å². The van der Waals surface area contributed by atoms with Crippen LogP contribution in [0.1, 0.15) is 11.1 Å². The number of hydrogen-bond donors (Lipinski definition) is 1. The van der Waals surface area contributed by atoms with Gasteiger partial charge < -0.3 is 5.73 Å². The van der Waals surface area contributed by atoms with Gasteiger partial charge in [-0.15, -0.1) is 11.8 Å². The Hall–Kier alpha value is -1.56. The van der Waals surface area contributed by atoms with E-state index in [1.807, 2.05) is 24.3 Å². The third-order valence-electron chi connectivity index (χ3n) is 2.78. The van der Waals surface area contributed by atoms with Gasteiger partial charge in [0.2, 0.25) is 0 Å². The number of thioether (sulfide) groups is 1. The highest BCUT2D eigenvalue weighted by molar-refractivity contribution is 7.98. The molecule has 4 nitrogen and oxygen atoms in total. The van der Waals surface area contributed by atoms with E-state index in [1.165, 1.54) is 12.1 Å². The summed E-state index contributed by atoms with van der Waals surface area (Å²) in [5, 5.41) is 11.1. The smallest absolute Gasteiger partial charge is 0.270 e. The summed E-state index contributed by atoms with van der Waals surface area (Å²) in [7, 11) is 0. The number of nitrogens with two attached hydrogens (primary N) is 1. The molecule has 0 saturated carbocycles. The molecule has 0 unspecified atom stereocenters. The van der Waals surface area contributed by atoms with E-state index >= 15 is 0 Å². The highest BCUT2D eigenvalue weighted by Gasteiger charge is 2.09. The topological polar surface area (TPSA) is 69.2 Å². The third-order valence-corrected chi connectivity index (χ3v) is 4.17. The molecule has 0 aromatic heterocycles. The number of hydrogen-bond acceptors (Lipinski definition) is 4. The van der Waals surface area contributed by atoms with E-state index in [9.17, 15) is 10.1 Å². The van der Waals surface area contributed by atoms with Gasteiger partial charge in [-0.25, -0.2) is 0 Å². The van der Waals surface area contributed by atoms with Gasteiger partial charge in [0.25, 0.3) is 5.69 Å². The molecular formula is C14H13ClN2O2S. The summed E-state index contributed by atoms with van der Waals surface area (Å²) < 4.78 is 0. The minimum absolute atomic E-state index is 0.00822. The van der Waals surface area contributed by atoms with Crippen molar-refractivity contribution < 1.29 is 4.92 Å². The Morgan fingerprint density at radius 1 is 1.25 bits per heavy atom. The van der Waals surface area contributed by atoms with Crippen molar-refractivity contribution in [2.45, 2.75) is 17.2 Å². The van der Waals surface area contributed by atoms with Gasteiger partial charge in [-0.3, -0.25) is 10.1 Å². The lowest BCUT2D eigenvalue weighted by Crippen LogP contribution is -1.95. The molecule has 0 spiro atoms. The van der Waals surface area contributed by atoms with Crippen molar-refractivity contribution in [3.63, 3.8) is 0 Å². The standard InChI is InChI=1S/C14H13ClN2O2S/c15-14-7-12(17(18)19)5-4-11(14)9-20-13-3-1-2-10(6-13)8-16/h1-7H,8-9,16H2. The van der Waals surface area contributed by atoms with Crippen molar-refractivity contribution >= 4 is 29.1 Å². The minimum atomic E-state index is -0.451. The molecule has 0 aliphatic heterocycles. The van der Waals surface area contributed by atoms with Crippen LogP contribution in [0, 0.1) is 10.1 Å². The van der Waals surface area contributed by atoms with Crippen LogP contribution in [-0.4, -0.2) is 4.92 Å². The molecule has 6 heteroatoms. The van der Waals surface area contributed by atoms with Crippen LogP contribution in [0.15, 0.2) is 47.4 Å². The predicted molar refractivity (Wildman–Crippen MR) is 82.0 cm³/mol. The van der Waals surface area contributed by atoms with E-state index in [-0.39, 0.29) is 5.69 Å². The van der Waals surface area contributed by atoms with Crippen molar-refractivity contribution in [2.75, 3.05) is 0 Å². The number of benzene rings is 2. The van der Waals surface area contributed by atoms with Crippen molar-refractivity contribution in [1.29, 1.82) is 0 Å². The maximum absolute atomic E-state index is 10.6. The SMILES string of the molecule is NCc1cccc(SCc2ccc([N+](=O)[O-])cc2Cl)c1. The van der Waals surface area contributed by atoms with Gasteiger partial charge in [0.1, 0.15) is 0 Å². The summed E-state index contributed by atoms with van der Waals surface area (Å²) in [6.07, 6.45) is 0. The average molecular weight is 309 g/mol. The molecule has 20 heavy (non-hydrogen) atoms. The number of nitrogens with zero attached hydrogens (tertiary/aromatic N) is 1. The lowest BCUT2D eigenvalue weighted by molar-refractivity contribution is -0.384. The summed E-state index contributed by atoms with van der Waals surface area (Å²) in [5.74, 6) is 0.658. The Balaban J connectivity index is 2.08. The van der Waals surface area contributed by atoms with Crippen LogP contribution in [0.4, 0.5) is 5.69 Å². The van der Waals surface area contributed by atoms with Crippen molar-refractivity contribution in [3.05, 3.63) is 68.7 Å². The molecular weight excluding hydrogens is 296 g/mol. The number of halogens is 1. The molecule has 2 aromatic rings. The van der Waals surface area contributed by atoms with Gasteiger partial charge >= 0.3 is 0 Å². The van der Waals surface area contributed by atoms with Gasteiger partial charge in [-0.1, -0.05) is 23.7 Å². The Morgan fingerprint density at radius 2 is 2.05 bits per heavy atom. The molecule has 2 N–H and O–H groups in total. The summed E-state index contributed by atoms with van der Waals surface area (Å²) in [6, 6.07) is 12.5. The van der Waals surface area contributed by atoms with E-state index in [0.717, 1.165) is 16.0 Å². The first kappa shape index (κ1) is 14.8. The molecule has 2 rings (SSSR count). The second kappa shape index (κ2) is 6.74. The zero-order valence-electron chi connectivity index (χ0n) is 10.6. The highest BCUT2D eigenvalue weighted by atomic mass is 35.5. The van der Waals surface area contributed by atoms with Crippen LogP contribution in [0.25, 0.3) is 0 Å². The molecule has 0 radical (unpaired) electrons. The zero-order chi connectivity index (χ0) is 14.5. The number of nitro benzene ring substituents is 1. The Morgan fingerprint density at radius 3 is 2.70 bits per heavy atom. The summed E-state index contributed by atoms with van der Waals surface area (Å²) >= 11 is 7.68. The molecule has 0 saturated heterocycles. The van der Waals surface area contributed by atoms with Crippen LogP contribution in [0.3, 0.4) is 0 Å². The van der Waals surface area contributed by atoms with Crippen LogP contribution in [-0.2, 0) is 12.3 Å². The zero-order valence-corrected chi connectivity index (χ0v) is 12.2. The molecule has 0 fully saturated rings. The first-order valence-electron chi connectivity index (χ1n) is 5.95. The summed E-state index contributed by atoms with van der Waals surface area (Å²) in [4.78, 5) is 11.3. The second-order valence-electron chi connectivity index (χ2n) is 4.17. The Bertz CT molecular complexity index is 634. The fraction of sp³-hybridized carbons (Fsp3) is 0.143. The van der Waals surface area contributed by atoms with E-state index in [2.05, 4.69) is 0 Å². The van der Waals surface area contributed by atoms with E-state index in [0.29, 0.717) is 17.3 Å². The second-order valence-corrected chi connectivity index (χ2v) is 5.63. The fourth-order valence-corrected chi connectivity index (χ4v) is 2.99. The summed E-state index contributed by atoms with van der Waals surface area (Å²) in [6.45, 7) is 0.507. The van der Waals surface area contributed by atoms with Crippen LogP contribution < -0.4 is 5.73 Å². The maximum atomic E-state index is 10.6. The molecule has 0 aliphatic rings. The maximum Gasteiger partial charge on any atom is 0.270 e. The third kappa shape index (κ3) is 3.72. The van der Waals surface area contributed by atoms with Crippen molar-refractivity contribution in [1.82, 2.24) is 0 Å². The normalized spacial score (nSPS) is 10.5. The monoisotopic (exact) mass is 308 g/mol. The molecule has 2 aromatic carbocycles. The lowest BCUT2D eigenvalue weighted by atomic mass is 10.2. The number of non-ortho nitro benzene ring substituents is 1. The molecule has 0 amide bonds. The van der Waals surface area contributed by atoms with Crippen LogP contribution >= 0.6 is 23.4 Å². The Kier molecular flexibility index (Phi) is 5.00. The lowest BCUT2D eigenvalue weighted by Gasteiger charge is -2.06. The minimum Gasteiger partial charge on any atom is -0.326 e. The summed E-state index contributed by atoms with van der Waals surface area (Å²) in [5.41, 5.74) is 7.56. The number of nitro groups is 1. The first-order chi connectivity index (χ1) is 9.60. The first-order valence-corrected chi connectivity index (χ1v) is 7.31. The average Bonchev–Trinajstić information content (AvgIpc) is 2.46. The molecule has 0 atom stereocenters. The van der Waals surface area contributed by atoms with Crippen molar-refractivity contribution in [3.8, 4) is 0 Å². The van der Waals surface area contributed by atoms with Gasteiger partial charge in [-0.2, -0.15) is 0 Å².